The number of hydrogen-bond donors (Lipinski definition) is 2. The number of nitrogens with zero attached hydrogens (tertiary/aromatic N) is 1. The van der Waals surface area contributed by atoms with Crippen LogP contribution in [-0.4, -0.2) is 34.0 Å². The number of Topliss-reactive ketones (excluding diaryl/α,β-unsaturated/α-hetero) is 1. The van der Waals surface area contributed by atoms with Crippen LogP contribution in [0.3, 0.4) is 0 Å². The molecule has 3 rings (SSSR count). The number of carbonyl (C=O) groups excluding carboxylic acids is 2. The minimum Gasteiger partial charge on any atom is -0.480 e. The van der Waals surface area contributed by atoms with Crippen LogP contribution >= 0.6 is 0 Å². The molecule has 1 unspecified atom stereocenters. The number of hydrazine groups is 1. The molecule has 1 amide bonds. The van der Waals surface area contributed by atoms with Gasteiger partial charge in [0.25, 0.3) is 5.91 Å². The first-order chi connectivity index (χ1) is 16.9. The summed E-state index contributed by atoms with van der Waals surface area (Å²) in [5.74, 6) is -3.06. The molecule has 35 heavy (non-hydrogen) atoms. The number of amides is 1. The fraction of sp³-hybridized carbons (Fsp3) is 0.222. The second kappa shape index (κ2) is 13.1. The number of aryl methyl sites for hydroxylation is 1. The molecule has 0 bridgehead atoms. The number of carboxylic acids is 1. The second-order valence-corrected chi connectivity index (χ2v) is 7.96. The van der Waals surface area contributed by atoms with Crippen molar-refractivity contribution in [1.29, 1.82) is 0 Å². The highest BCUT2D eigenvalue weighted by molar-refractivity contribution is 6.02. The number of rotatable bonds is 13. The third-order valence-electron chi connectivity index (χ3n) is 5.24. The van der Waals surface area contributed by atoms with Gasteiger partial charge in [-0.05, 0) is 41.7 Å². The van der Waals surface area contributed by atoms with E-state index in [1.54, 1.807) is 24.3 Å². The molecule has 2 N–H and O–H groups in total. The van der Waals surface area contributed by atoms with Crippen molar-refractivity contribution < 1.29 is 28.7 Å². The summed E-state index contributed by atoms with van der Waals surface area (Å²) in [5, 5.41) is 10.4. The van der Waals surface area contributed by atoms with Gasteiger partial charge >= 0.3 is 5.97 Å². The van der Waals surface area contributed by atoms with E-state index in [-0.39, 0.29) is 19.4 Å². The van der Waals surface area contributed by atoms with Gasteiger partial charge in [0.1, 0.15) is 12.4 Å². The normalized spacial score (nSPS) is 11.6. The van der Waals surface area contributed by atoms with Crippen LogP contribution < -0.4 is 5.43 Å². The summed E-state index contributed by atoms with van der Waals surface area (Å²) >= 11 is 0. The first kappa shape index (κ1) is 25.7. The fourth-order valence-corrected chi connectivity index (χ4v) is 3.38. The number of aliphatic carboxylic acids is 1. The zero-order valence-electron chi connectivity index (χ0n) is 19.1. The number of hydrogen-bond acceptors (Lipinski definition) is 5. The first-order valence-electron chi connectivity index (χ1n) is 11.2. The predicted octanol–water partition coefficient (Wildman–Crippen LogP) is 3.88. The van der Waals surface area contributed by atoms with Crippen LogP contribution in [0.1, 0.15) is 29.5 Å². The van der Waals surface area contributed by atoms with Gasteiger partial charge in [-0.3, -0.25) is 14.4 Å². The SMILES string of the molecule is O=C(O)C(NN(OCc1ccccc1)C(=O)Cc1ccc(F)cc1)C(=O)CCCc1ccccc1. The molecule has 0 spiro atoms. The number of nitrogens with one attached hydrogen (secondary N) is 1. The largest absolute Gasteiger partial charge is 0.480 e. The molecular formula is C27H27FN2O5. The predicted molar refractivity (Wildman–Crippen MR) is 127 cm³/mol. The quantitative estimate of drug-likeness (QED) is 0.286. The Kier molecular flexibility index (Phi) is 9.65. The lowest BCUT2D eigenvalue weighted by atomic mass is 10.0. The Morgan fingerprint density at radius 1 is 0.857 bits per heavy atom. The molecule has 0 radical (unpaired) electrons. The minimum absolute atomic E-state index is 0.0114. The maximum absolute atomic E-state index is 13.2. The highest BCUT2D eigenvalue weighted by atomic mass is 19.1. The van der Waals surface area contributed by atoms with E-state index < -0.39 is 29.5 Å². The maximum atomic E-state index is 13.2. The number of carbonyl (C=O) groups is 3. The Hall–Kier alpha value is -3.88. The van der Waals surface area contributed by atoms with Gasteiger partial charge in [-0.1, -0.05) is 72.8 Å². The van der Waals surface area contributed by atoms with Gasteiger partial charge in [0.2, 0.25) is 0 Å². The van der Waals surface area contributed by atoms with E-state index in [0.29, 0.717) is 23.6 Å². The van der Waals surface area contributed by atoms with Gasteiger partial charge in [0.05, 0.1) is 6.42 Å². The Morgan fingerprint density at radius 3 is 2.06 bits per heavy atom. The molecule has 7 nitrogen and oxygen atoms in total. The van der Waals surface area contributed by atoms with E-state index in [9.17, 15) is 23.9 Å². The van der Waals surface area contributed by atoms with Crippen LogP contribution in [0.5, 0.6) is 0 Å². The number of benzene rings is 3. The van der Waals surface area contributed by atoms with Gasteiger partial charge < -0.3 is 5.11 Å². The van der Waals surface area contributed by atoms with E-state index in [0.717, 1.165) is 11.1 Å². The summed E-state index contributed by atoms with van der Waals surface area (Å²) in [4.78, 5) is 43.1. The maximum Gasteiger partial charge on any atom is 0.330 e. The zero-order chi connectivity index (χ0) is 25.0. The Bertz CT molecular complexity index is 1110. The van der Waals surface area contributed by atoms with Gasteiger partial charge in [-0.25, -0.2) is 9.18 Å². The lowest BCUT2D eigenvalue weighted by molar-refractivity contribution is -0.216. The molecule has 0 fully saturated rings. The fourth-order valence-electron chi connectivity index (χ4n) is 3.38. The summed E-state index contributed by atoms with van der Waals surface area (Å²) in [6.07, 6.45) is 0.910. The third-order valence-corrected chi connectivity index (χ3v) is 5.24. The molecule has 3 aromatic carbocycles. The topological polar surface area (TPSA) is 95.9 Å². The van der Waals surface area contributed by atoms with Gasteiger partial charge in [0.15, 0.2) is 11.8 Å². The van der Waals surface area contributed by atoms with Crippen molar-refractivity contribution in [2.24, 2.45) is 0 Å². The third kappa shape index (κ3) is 8.44. The molecule has 0 aromatic heterocycles. The molecule has 3 aromatic rings. The monoisotopic (exact) mass is 478 g/mol. The Balaban J connectivity index is 1.67. The van der Waals surface area contributed by atoms with Crippen molar-refractivity contribution in [3.05, 3.63) is 107 Å². The van der Waals surface area contributed by atoms with Gasteiger partial charge in [-0.2, -0.15) is 5.43 Å². The molecule has 0 saturated heterocycles. The first-order valence-corrected chi connectivity index (χ1v) is 11.2. The van der Waals surface area contributed by atoms with E-state index in [4.69, 9.17) is 4.84 Å². The number of hydroxylamine groups is 1. The van der Waals surface area contributed by atoms with E-state index in [2.05, 4.69) is 5.43 Å². The van der Waals surface area contributed by atoms with Crippen molar-refractivity contribution >= 4 is 17.7 Å². The highest BCUT2D eigenvalue weighted by Crippen LogP contribution is 2.10. The highest BCUT2D eigenvalue weighted by Gasteiger charge is 2.30. The minimum atomic E-state index is -1.67. The van der Waals surface area contributed by atoms with Gasteiger partial charge in [-0.15, -0.1) is 5.17 Å². The number of ketones is 1. The van der Waals surface area contributed by atoms with Gasteiger partial charge in [0, 0.05) is 6.42 Å². The molecule has 0 saturated carbocycles. The van der Waals surface area contributed by atoms with Crippen LogP contribution in [-0.2, 0) is 38.7 Å². The molecule has 0 aliphatic carbocycles. The van der Waals surface area contributed by atoms with E-state index in [1.165, 1.54) is 24.3 Å². The van der Waals surface area contributed by atoms with Crippen molar-refractivity contribution in [1.82, 2.24) is 10.6 Å². The Labute approximate surface area is 203 Å². The number of halogens is 1. The molecule has 182 valence electrons. The molecule has 1 atom stereocenters. The zero-order valence-corrected chi connectivity index (χ0v) is 19.1. The van der Waals surface area contributed by atoms with Crippen LogP contribution in [0.15, 0.2) is 84.9 Å². The average molecular weight is 479 g/mol. The second-order valence-electron chi connectivity index (χ2n) is 7.96. The molecule has 0 aliphatic rings. The summed E-state index contributed by atoms with van der Waals surface area (Å²) in [6.45, 7) is -0.0302. The number of carboxylic acid groups (broad SMARTS) is 1. The van der Waals surface area contributed by atoms with E-state index >= 15 is 0 Å². The smallest absolute Gasteiger partial charge is 0.330 e. The summed E-state index contributed by atoms with van der Waals surface area (Å²) in [7, 11) is 0. The van der Waals surface area contributed by atoms with Crippen molar-refractivity contribution in [2.45, 2.75) is 38.3 Å². The molecule has 0 heterocycles. The van der Waals surface area contributed by atoms with Crippen molar-refractivity contribution in [2.75, 3.05) is 0 Å². The summed E-state index contributed by atoms with van der Waals surface area (Å²) in [6, 6.07) is 22.2. The van der Waals surface area contributed by atoms with Crippen LogP contribution in [0, 0.1) is 5.82 Å². The lowest BCUT2D eigenvalue weighted by Gasteiger charge is -2.25. The van der Waals surface area contributed by atoms with Crippen LogP contribution in [0.25, 0.3) is 0 Å². The molecular weight excluding hydrogens is 451 g/mol. The molecule has 8 heteroatoms. The average Bonchev–Trinajstić information content (AvgIpc) is 2.86. The standard InChI is InChI=1S/C27H27FN2O5/c28-23-16-14-21(15-17-23)18-25(32)30(35-19-22-10-5-2-6-11-22)29-26(27(33)34)24(31)13-7-12-20-8-3-1-4-9-20/h1-6,8-11,14-17,26,29H,7,12-13,18-19H2,(H,33,34). The van der Waals surface area contributed by atoms with Crippen LogP contribution in [0.2, 0.25) is 0 Å². The van der Waals surface area contributed by atoms with Crippen LogP contribution in [0.4, 0.5) is 4.39 Å². The summed E-state index contributed by atoms with van der Waals surface area (Å²) in [5.41, 5.74) is 4.74. The van der Waals surface area contributed by atoms with Crippen molar-refractivity contribution in [3.8, 4) is 0 Å². The lowest BCUT2D eigenvalue weighted by Crippen LogP contribution is -2.54. The summed E-state index contributed by atoms with van der Waals surface area (Å²) < 4.78 is 13.2. The molecule has 0 aliphatic heterocycles. The Morgan fingerprint density at radius 2 is 1.46 bits per heavy atom. The van der Waals surface area contributed by atoms with Crippen molar-refractivity contribution in [3.63, 3.8) is 0 Å². The van der Waals surface area contributed by atoms with E-state index in [1.807, 2.05) is 36.4 Å².